The molecular weight excluding hydrogens is 210 g/mol. The van der Waals surface area contributed by atoms with Crippen LogP contribution in [0.5, 0.6) is 0 Å². The topological polar surface area (TPSA) is 79.6 Å². The Kier molecular flexibility index (Phi) is 2.93. The van der Waals surface area contributed by atoms with Crippen LogP contribution in [-0.4, -0.2) is 30.4 Å². The van der Waals surface area contributed by atoms with Gasteiger partial charge in [0, 0.05) is 18.4 Å². The third kappa shape index (κ3) is 1.92. The van der Waals surface area contributed by atoms with Gasteiger partial charge in [0.1, 0.15) is 17.4 Å². The number of nitriles is 1. The Morgan fingerprint density at radius 1 is 1.56 bits per heavy atom. The SMILES string of the molecule is N#CC1=CC(C(=O)O)=C2OCCCOC2C1. The molecule has 5 heteroatoms. The van der Waals surface area contributed by atoms with Crippen LogP contribution in [0.1, 0.15) is 12.8 Å². The Labute approximate surface area is 92.6 Å². The van der Waals surface area contributed by atoms with Crippen LogP contribution in [0.15, 0.2) is 23.0 Å². The van der Waals surface area contributed by atoms with Crippen molar-refractivity contribution < 1.29 is 19.4 Å². The van der Waals surface area contributed by atoms with E-state index in [4.69, 9.17) is 19.8 Å². The first-order valence-corrected chi connectivity index (χ1v) is 5.05. The summed E-state index contributed by atoms with van der Waals surface area (Å²) in [7, 11) is 0. The van der Waals surface area contributed by atoms with E-state index >= 15 is 0 Å². The number of fused-ring (bicyclic) bond motifs is 1. The lowest BCUT2D eigenvalue weighted by Gasteiger charge is -2.22. The van der Waals surface area contributed by atoms with Crippen molar-refractivity contribution >= 4 is 5.97 Å². The average molecular weight is 221 g/mol. The molecule has 1 heterocycles. The summed E-state index contributed by atoms with van der Waals surface area (Å²) in [4.78, 5) is 11.0. The van der Waals surface area contributed by atoms with Crippen LogP contribution in [0.3, 0.4) is 0 Å². The number of nitrogens with zero attached hydrogens (tertiary/aromatic N) is 1. The summed E-state index contributed by atoms with van der Waals surface area (Å²) in [6.07, 6.45) is 2.06. The van der Waals surface area contributed by atoms with Gasteiger partial charge in [-0.25, -0.2) is 4.79 Å². The molecule has 0 aromatic heterocycles. The molecule has 1 aliphatic carbocycles. The van der Waals surface area contributed by atoms with Crippen molar-refractivity contribution in [2.75, 3.05) is 13.2 Å². The Bertz CT molecular complexity index is 416. The first kappa shape index (κ1) is 10.7. The number of aliphatic carboxylic acids is 1. The molecule has 1 unspecified atom stereocenters. The predicted octanol–water partition coefficient (Wildman–Crippen LogP) is 0.984. The molecule has 1 N–H and O–H groups in total. The molecule has 1 atom stereocenters. The number of hydrogen-bond donors (Lipinski definition) is 1. The first-order valence-electron chi connectivity index (χ1n) is 5.05. The fraction of sp³-hybridized carbons (Fsp3) is 0.455. The highest BCUT2D eigenvalue weighted by molar-refractivity contribution is 5.91. The van der Waals surface area contributed by atoms with E-state index in [1.54, 1.807) is 0 Å². The normalized spacial score (nSPS) is 24.7. The summed E-state index contributed by atoms with van der Waals surface area (Å²) in [5.74, 6) is -0.734. The van der Waals surface area contributed by atoms with Gasteiger partial charge in [-0.1, -0.05) is 0 Å². The maximum absolute atomic E-state index is 11.0. The zero-order valence-corrected chi connectivity index (χ0v) is 8.60. The van der Waals surface area contributed by atoms with Crippen LogP contribution in [0.4, 0.5) is 0 Å². The first-order chi connectivity index (χ1) is 7.72. The summed E-state index contributed by atoms with van der Waals surface area (Å²) in [5, 5.41) is 17.9. The van der Waals surface area contributed by atoms with Crippen molar-refractivity contribution in [1.29, 1.82) is 5.26 Å². The van der Waals surface area contributed by atoms with Gasteiger partial charge < -0.3 is 14.6 Å². The van der Waals surface area contributed by atoms with Crippen LogP contribution >= 0.6 is 0 Å². The lowest BCUT2D eigenvalue weighted by atomic mass is 9.96. The zero-order valence-electron chi connectivity index (χ0n) is 8.60. The second-order valence-corrected chi connectivity index (χ2v) is 3.63. The van der Waals surface area contributed by atoms with Crippen molar-refractivity contribution in [3.8, 4) is 6.07 Å². The minimum atomic E-state index is -1.09. The van der Waals surface area contributed by atoms with Crippen LogP contribution in [0.25, 0.3) is 0 Å². The van der Waals surface area contributed by atoms with E-state index < -0.39 is 12.1 Å². The Morgan fingerprint density at radius 2 is 2.38 bits per heavy atom. The van der Waals surface area contributed by atoms with Gasteiger partial charge in [0.15, 0.2) is 0 Å². The highest BCUT2D eigenvalue weighted by atomic mass is 16.5. The molecule has 2 aliphatic rings. The Hall–Kier alpha value is -1.80. The number of carboxylic acids is 1. The number of carboxylic acid groups (broad SMARTS) is 1. The summed E-state index contributed by atoms with van der Waals surface area (Å²) < 4.78 is 10.9. The molecule has 1 fully saturated rings. The molecule has 1 aliphatic heterocycles. The minimum absolute atomic E-state index is 0.0368. The fourth-order valence-corrected chi connectivity index (χ4v) is 1.79. The molecule has 16 heavy (non-hydrogen) atoms. The van der Waals surface area contributed by atoms with E-state index in [1.165, 1.54) is 6.08 Å². The molecule has 0 aromatic rings. The molecule has 0 bridgehead atoms. The van der Waals surface area contributed by atoms with Crippen LogP contribution < -0.4 is 0 Å². The molecule has 0 spiro atoms. The smallest absolute Gasteiger partial charge is 0.339 e. The van der Waals surface area contributed by atoms with Gasteiger partial charge in [0.25, 0.3) is 0 Å². The summed E-state index contributed by atoms with van der Waals surface area (Å²) in [6.45, 7) is 0.984. The van der Waals surface area contributed by atoms with Gasteiger partial charge in [-0.2, -0.15) is 5.26 Å². The lowest BCUT2D eigenvalue weighted by molar-refractivity contribution is -0.132. The fourth-order valence-electron chi connectivity index (χ4n) is 1.79. The summed E-state index contributed by atoms with van der Waals surface area (Å²) in [6, 6.07) is 1.97. The van der Waals surface area contributed by atoms with Crippen molar-refractivity contribution in [2.45, 2.75) is 18.9 Å². The molecular formula is C11H11NO4. The van der Waals surface area contributed by atoms with E-state index in [1.807, 2.05) is 6.07 Å². The Balaban J connectivity index is 2.41. The van der Waals surface area contributed by atoms with E-state index in [0.29, 0.717) is 31.0 Å². The zero-order chi connectivity index (χ0) is 11.5. The van der Waals surface area contributed by atoms with Crippen LogP contribution in [0, 0.1) is 11.3 Å². The molecule has 0 radical (unpaired) electrons. The van der Waals surface area contributed by atoms with Gasteiger partial charge in [-0.05, 0) is 6.08 Å². The third-order valence-corrected chi connectivity index (χ3v) is 2.52. The molecule has 0 aromatic carbocycles. The molecule has 5 nitrogen and oxygen atoms in total. The van der Waals surface area contributed by atoms with Crippen molar-refractivity contribution in [2.24, 2.45) is 0 Å². The summed E-state index contributed by atoms with van der Waals surface area (Å²) in [5.41, 5.74) is 0.450. The molecule has 0 saturated carbocycles. The minimum Gasteiger partial charge on any atom is -0.494 e. The van der Waals surface area contributed by atoms with Gasteiger partial charge >= 0.3 is 5.97 Å². The predicted molar refractivity (Wildman–Crippen MR) is 53.3 cm³/mol. The highest BCUT2D eigenvalue weighted by Crippen LogP contribution is 2.29. The maximum atomic E-state index is 11.0. The van der Waals surface area contributed by atoms with Crippen molar-refractivity contribution in [3.63, 3.8) is 0 Å². The molecule has 84 valence electrons. The van der Waals surface area contributed by atoms with Crippen molar-refractivity contribution in [3.05, 3.63) is 23.0 Å². The molecule has 1 saturated heterocycles. The maximum Gasteiger partial charge on any atom is 0.339 e. The van der Waals surface area contributed by atoms with Gasteiger partial charge in [0.05, 0.1) is 19.3 Å². The van der Waals surface area contributed by atoms with E-state index in [9.17, 15) is 4.79 Å². The van der Waals surface area contributed by atoms with Gasteiger partial charge in [-0.3, -0.25) is 0 Å². The number of ether oxygens (including phenoxy) is 2. The monoisotopic (exact) mass is 221 g/mol. The second-order valence-electron chi connectivity index (χ2n) is 3.63. The highest BCUT2D eigenvalue weighted by Gasteiger charge is 2.30. The summed E-state index contributed by atoms with van der Waals surface area (Å²) >= 11 is 0. The van der Waals surface area contributed by atoms with E-state index in [0.717, 1.165) is 6.42 Å². The number of rotatable bonds is 1. The molecule has 2 rings (SSSR count). The quantitative estimate of drug-likeness (QED) is 0.714. The van der Waals surface area contributed by atoms with E-state index in [2.05, 4.69) is 0 Å². The van der Waals surface area contributed by atoms with Gasteiger partial charge in [-0.15, -0.1) is 0 Å². The lowest BCUT2D eigenvalue weighted by Crippen LogP contribution is -2.23. The van der Waals surface area contributed by atoms with Gasteiger partial charge in [0.2, 0.25) is 0 Å². The number of carbonyl (C=O) groups is 1. The largest absolute Gasteiger partial charge is 0.494 e. The van der Waals surface area contributed by atoms with Crippen LogP contribution in [-0.2, 0) is 14.3 Å². The standard InChI is InChI=1S/C11H11NO4/c12-6-7-4-8(11(13)14)10-9(5-7)15-2-1-3-16-10/h4,9H,1-3,5H2,(H,13,14). The van der Waals surface area contributed by atoms with Crippen LogP contribution in [0.2, 0.25) is 0 Å². The average Bonchev–Trinajstić information content (AvgIpc) is 2.52. The number of hydrogen-bond acceptors (Lipinski definition) is 4. The third-order valence-electron chi connectivity index (χ3n) is 2.52. The van der Waals surface area contributed by atoms with E-state index in [-0.39, 0.29) is 5.57 Å². The van der Waals surface area contributed by atoms with Crippen molar-refractivity contribution in [1.82, 2.24) is 0 Å². The molecule has 0 amide bonds. The second kappa shape index (κ2) is 4.37. The Morgan fingerprint density at radius 3 is 3.06 bits per heavy atom.